The second-order valence-corrected chi connectivity index (χ2v) is 6.32. The number of nitriles is 1. The summed E-state index contributed by atoms with van der Waals surface area (Å²) < 4.78 is 24.4. The molecule has 1 unspecified atom stereocenters. The van der Waals surface area contributed by atoms with E-state index in [1.165, 1.54) is 18.2 Å². The van der Waals surface area contributed by atoms with E-state index in [1.54, 1.807) is 17.9 Å². The lowest BCUT2D eigenvalue weighted by Gasteiger charge is -2.36. The third kappa shape index (κ3) is 4.09. The van der Waals surface area contributed by atoms with Crippen LogP contribution in [0, 0.1) is 17.1 Å². The first-order valence-corrected chi connectivity index (χ1v) is 8.86. The maximum atomic E-state index is 14.1. The molecule has 1 saturated heterocycles. The first-order valence-electron chi connectivity index (χ1n) is 8.86. The molecular formula is C19H21FN4O3. The number of hydrogen-bond acceptors (Lipinski definition) is 6. The smallest absolute Gasteiger partial charge is 0.409 e. The minimum atomic E-state index is -0.465. The molecule has 3 rings (SSSR count). The highest BCUT2D eigenvalue weighted by Crippen LogP contribution is 2.28. The molecule has 0 bridgehead atoms. The van der Waals surface area contributed by atoms with E-state index in [0.29, 0.717) is 44.0 Å². The molecule has 0 N–H and O–H groups in total. The van der Waals surface area contributed by atoms with Gasteiger partial charge in [-0.3, -0.25) is 4.90 Å². The van der Waals surface area contributed by atoms with Crippen molar-refractivity contribution in [1.82, 2.24) is 15.0 Å². The summed E-state index contributed by atoms with van der Waals surface area (Å²) in [5.74, 6) is -0.177. The van der Waals surface area contributed by atoms with Crippen LogP contribution in [0.1, 0.15) is 31.1 Å². The summed E-state index contributed by atoms with van der Waals surface area (Å²) in [5.41, 5.74) is 1.25. The molecule has 8 heteroatoms. The van der Waals surface area contributed by atoms with Gasteiger partial charge in [0.25, 0.3) is 0 Å². The van der Waals surface area contributed by atoms with Crippen LogP contribution >= 0.6 is 0 Å². The molecule has 0 saturated carbocycles. The highest BCUT2D eigenvalue weighted by Gasteiger charge is 2.27. The topological polar surface area (TPSA) is 82.6 Å². The maximum absolute atomic E-state index is 14.1. The third-order valence-electron chi connectivity index (χ3n) is 4.71. The standard InChI is InChI=1S/C19H21FN4O3/c1-3-26-19(25)24-8-6-23(7-9-24)13(2)17-11-18(27-22-17)15-10-14(12-21)4-5-16(15)20/h4-5,10-11,13H,3,6-9H2,1-2H3. The Balaban J connectivity index is 1.69. The Morgan fingerprint density at radius 1 is 1.37 bits per heavy atom. The molecule has 1 aliphatic rings. The Kier molecular flexibility index (Phi) is 5.72. The van der Waals surface area contributed by atoms with Crippen LogP contribution in [0.25, 0.3) is 11.3 Å². The number of benzene rings is 1. The Hall–Kier alpha value is -2.92. The van der Waals surface area contributed by atoms with Crippen LogP contribution in [0.5, 0.6) is 0 Å². The molecule has 1 aromatic heterocycles. The zero-order valence-corrected chi connectivity index (χ0v) is 15.3. The molecule has 1 aliphatic heterocycles. The minimum Gasteiger partial charge on any atom is -0.450 e. The Labute approximate surface area is 156 Å². The predicted octanol–water partition coefficient (Wildman–Crippen LogP) is 3.19. The zero-order chi connectivity index (χ0) is 19.4. The number of aromatic nitrogens is 1. The van der Waals surface area contributed by atoms with Gasteiger partial charge in [-0.25, -0.2) is 9.18 Å². The molecule has 0 aliphatic carbocycles. The van der Waals surface area contributed by atoms with Crippen LogP contribution in [-0.4, -0.2) is 53.8 Å². The van der Waals surface area contributed by atoms with Crippen LogP contribution < -0.4 is 0 Å². The number of rotatable bonds is 4. The van der Waals surface area contributed by atoms with Crippen molar-refractivity contribution in [2.45, 2.75) is 19.9 Å². The van der Waals surface area contributed by atoms with Gasteiger partial charge in [0.2, 0.25) is 0 Å². The maximum Gasteiger partial charge on any atom is 0.409 e. The van der Waals surface area contributed by atoms with Gasteiger partial charge >= 0.3 is 6.09 Å². The summed E-state index contributed by atoms with van der Waals surface area (Å²) in [6.07, 6.45) is -0.290. The highest BCUT2D eigenvalue weighted by atomic mass is 19.1. The molecule has 1 atom stereocenters. The summed E-state index contributed by atoms with van der Waals surface area (Å²) in [5, 5.41) is 13.1. The molecule has 1 fully saturated rings. The van der Waals surface area contributed by atoms with Gasteiger partial charge < -0.3 is 14.2 Å². The van der Waals surface area contributed by atoms with Crippen LogP contribution in [0.15, 0.2) is 28.8 Å². The SMILES string of the molecule is CCOC(=O)N1CCN(C(C)c2cc(-c3cc(C#N)ccc3F)on2)CC1. The normalized spacial score (nSPS) is 16.0. The van der Waals surface area contributed by atoms with E-state index in [-0.39, 0.29) is 23.5 Å². The number of halogens is 1. The van der Waals surface area contributed by atoms with E-state index in [2.05, 4.69) is 10.1 Å². The number of hydrogen-bond donors (Lipinski definition) is 0. The number of amides is 1. The van der Waals surface area contributed by atoms with E-state index in [4.69, 9.17) is 14.5 Å². The summed E-state index contributed by atoms with van der Waals surface area (Å²) in [4.78, 5) is 15.7. The van der Waals surface area contributed by atoms with Gasteiger partial charge in [-0.15, -0.1) is 0 Å². The molecule has 2 aromatic rings. The van der Waals surface area contributed by atoms with Crippen molar-refractivity contribution in [2.24, 2.45) is 0 Å². The molecule has 7 nitrogen and oxygen atoms in total. The summed E-state index contributed by atoms with van der Waals surface area (Å²) in [6.45, 7) is 6.65. The number of carbonyl (C=O) groups is 1. The predicted molar refractivity (Wildman–Crippen MR) is 95.2 cm³/mol. The Morgan fingerprint density at radius 3 is 2.78 bits per heavy atom. The number of nitrogens with zero attached hydrogens (tertiary/aromatic N) is 4. The zero-order valence-electron chi connectivity index (χ0n) is 15.3. The van der Waals surface area contributed by atoms with Crippen LogP contribution in [0.4, 0.5) is 9.18 Å². The summed E-state index contributed by atoms with van der Waals surface area (Å²) in [6, 6.07) is 7.75. The fourth-order valence-corrected chi connectivity index (χ4v) is 3.09. The molecule has 1 aromatic carbocycles. The van der Waals surface area contributed by atoms with Gasteiger partial charge in [0.1, 0.15) is 11.5 Å². The third-order valence-corrected chi connectivity index (χ3v) is 4.71. The van der Waals surface area contributed by atoms with Crippen LogP contribution in [0.2, 0.25) is 0 Å². The molecule has 0 radical (unpaired) electrons. The summed E-state index contributed by atoms with van der Waals surface area (Å²) >= 11 is 0. The van der Waals surface area contributed by atoms with E-state index < -0.39 is 5.82 Å². The fraction of sp³-hybridized carbons (Fsp3) is 0.421. The monoisotopic (exact) mass is 372 g/mol. The number of ether oxygens (including phenoxy) is 1. The number of carbonyl (C=O) groups excluding carboxylic acids is 1. The van der Waals surface area contributed by atoms with Gasteiger partial charge in [0.05, 0.1) is 29.8 Å². The van der Waals surface area contributed by atoms with Crippen molar-refractivity contribution < 1.29 is 18.4 Å². The second-order valence-electron chi connectivity index (χ2n) is 6.32. The molecular weight excluding hydrogens is 351 g/mol. The largest absolute Gasteiger partial charge is 0.450 e. The van der Waals surface area contributed by atoms with E-state index in [9.17, 15) is 9.18 Å². The van der Waals surface area contributed by atoms with Gasteiger partial charge in [-0.05, 0) is 32.0 Å². The minimum absolute atomic E-state index is 0.0472. The highest BCUT2D eigenvalue weighted by molar-refractivity contribution is 5.67. The van der Waals surface area contributed by atoms with Crippen molar-refractivity contribution in [1.29, 1.82) is 5.26 Å². The second kappa shape index (κ2) is 8.18. The average Bonchev–Trinajstić information content (AvgIpc) is 3.18. The average molecular weight is 372 g/mol. The van der Waals surface area contributed by atoms with Crippen molar-refractivity contribution >= 4 is 6.09 Å². The van der Waals surface area contributed by atoms with E-state index >= 15 is 0 Å². The van der Waals surface area contributed by atoms with Gasteiger partial charge in [0, 0.05) is 32.2 Å². The van der Waals surface area contributed by atoms with Gasteiger partial charge in [-0.1, -0.05) is 5.16 Å². The molecule has 2 heterocycles. The lowest BCUT2D eigenvalue weighted by molar-refractivity contribution is 0.0675. The summed E-state index contributed by atoms with van der Waals surface area (Å²) in [7, 11) is 0. The van der Waals surface area contributed by atoms with E-state index in [1.807, 2.05) is 13.0 Å². The van der Waals surface area contributed by atoms with Crippen molar-refractivity contribution in [3.8, 4) is 17.4 Å². The van der Waals surface area contributed by atoms with E-state index in [0.717, 1.165) is 0 Å². The lowest BCUT2D eigenvalue weighted by atomic mass is 10.1. The van der Waals surface area contributed by atoms with Crippen LogP contribution in [0.3, 0.4) is 0 Å². The van der Waals surface area contributed by atoms with Crippen LogP contribution in [-0.2, 0) is 4.74 Å². The first-order chi connectivity index (χ1) is 13.0. The Morgan fingerprint density at radius 2 is 2.11 bits per heavy atom. The van der Waals surface area contributed by atoms with Crippen molar-refractivity contribution in [2.75, 3.05) is 32.8 Å². The molecule has 1 amide bonds. The fourth-order valence-electron chi connectivity index (χ4n) is 3.09. The quantitative estimate of drug-likeness (QED) is 0.820. The molecule has 27 heavy (non-hydrogen) atoms. The van der Waals surface area contributed by atoms with Gasteiger partial charge in [0.15, 0.2) is 5.76 Å². The van der Waals surface area contributed by atoms with Crippen molar-refractivity contribution in [3.05, 3.63) is 41.3 Å². The Bertz CT molecular complexity index is 853. The van der Waals surface area contributed by atoms with Crippen molar-refractivity contribution in [3.63, 3.8) is 0 Å². The lowest BCUT2D eigenvalue weighted by Crippen LogP contribution is -2.49. The molecule has 142 valence electrons. The molecule has 0 spiro atoms. The van der Waals surface area contributed by atoms with Gasteiger partial charge in [-0.2, -0.15) is 5.26 Å². The number of piperazine rings is 1. The first kappa shape index (κ1) is 18.9.